The van der Waals surface area contributed by atoms with Crippen LogP contribution in [0.1, 0.15) is 40.0 Å². The Kier molecular flexibility index (Phi) is 7.70. The third-order valence-electron chi connectivity index (χ3n) is 3.62. The highest BCUT2D eigenvalue weighted by atomic mass is 16.6. The van der Waals surface area contributed by atoms with Crippen LogP contribution in [0.2, 0.25) is 0 Å². The Morgan fingerprint density at radius 3 is 2.23 bits per heavy atom. The molecule has 126 valence electrons. The Hall–Kier alpha value is -1.79. The molecule has 1 rings (SSSR count). The van der Waals surface area contributed by atoms with E-state index in [9.17, 15) is 14.4 Å². The first-order chi connectivity index (χ1) is 10.5. The number of ether oxygens (including phenoxy) is 1. The van der Waals surface area contributed by atoms with E-state index < -0.39 is 6.04 Å². The maximum atomic E-state index is 12.3. The molecule has 0 bridgehead atoms. The second-order valence-electron chi connectivity index (χ2n) is 5.40. The smallest absolute Gasteiger partial charge is 0.409 e. The second kappa shape index (κ2) is 9.27. The number of nitrogens with zero attached hydrogens (tertiary/aromatic N) is 2. The molecule has 1 N–H and O–H groups in total. The van der Waals surface area contributed by atoms with Crippen LogP contribution in [0.5, 0.6) is 0 Å². The number of piperazine rings is 1. The van der Waals surface area contributed by atoms with Crippen LogP contribution in [-0.2, 0) is 14.3 Å². The number of hydrogen-bond acceptors (Lipinski definition) is 4. The summed E-state index contributed by atoms with van der Waals surface area (Å²) in [6.45, 7) is 7.68. The summed E-state index contributed by atoms with van der Waals surface area (Å²) in [6, 6.07) is -0.529. The molecule has 1 aliphatic heterocycles. The van der Waals surface area contributed by atoms with Crippen molar-refractivity contribution in [2.24, 2.45) is 0 Å². The molecule has 0 unspecified atom stereocenters. The molecule has 0 aromatic rings. The molecule has 1 heterocycles. The lowest BCUT2D eigenvalue weighted by molar-refractivity contribution is -0.137. The van der Waals surface area contributed by atoms with Gasteiger partial charge in [-0.1, -0.05) is 13.3 Å². The van der Waals surface area contributed by atoms with E-state index >= 15 is 0 Å². The van der Waals surface area contributed by atoms with Crippen LogP contribution in [0.3, 0.4) is 0 Å². The van der Waals surface area contributed by atoms with Gasteiger partial charge in [-0.05, 0) is 20.3 Å². The fourth-order valence-electron chi connectivity index (χ4n) is 2.31. The number of hydrogen-bond donors (Lipinski definition) is 1. The third kappa shape index (κ3) is 5.54. The average Bonchev–Trinajstić information content (AvgIpc) is 2.52. The summed E-state index contributed by atoms with van der Waals surface area (Å²) in [4.78, 5) is 38.8. The minimum atomic E-state index is -0.529. The van der Waals surface area contributed by atoms with E-state index in [2.05, 4.69) is 5.32 Å². The average molecular weight is 313 g/mol. The van der Waals surface area contributed by atoms with Crippen LogP contribution in [0.4, 0.5) is 4.79 Å². The SMILES string of the molecule is CCCCC(=O)N[C@@H](C)C(=O)N1CCN(C(=O)OCC)CC1. The van der Waals surface area contributed by atoms with Crippen molar-refractivity contribution in [3.8, 4) is 0 Å². The van der Waals surface area contributed by atoms with Crippen molar-refractivity contribution in [1.29, 1.82) is 0 Å². The molecule has 3 amide bonds. The maximum Gasteiger partial charge on any atom is 0.409 e. The molecule has 0 aliphatic carbocycles. The number of nitrogens with one attached hydrogen (secondary N) is 1. The number of unbranched alkanes of at least 4 members (excludes halogenated alkanes) is 1. The van der Waals surface area contributed by atoms with E-state index in [1.165, 1.54) is 0 Å². The molecule has 1 aliphatic rings. The van der Waals surface area contributed by atoms with Crippen molar-refractivity contribution < 1.29 is 19.1 Å². The Morgan fingerprint density at radius 2 is 1.68 bits per heavy atom. The van der Waals surface area contributed by atoms with E-state index in [0.29, 0.717) is 39.2 Å². The molecular formula is C15H27N3O4. The summed E-state index contributed by atoms with van der Waals surface area (Å²) in [5.74, 6) is -0.193. The number of amides is 3. The Labute approximate surface area is 132 Å². The van der Waals surface area contributed by atoms with Gasteiger partial charge in [0.05, 0.1) is 6.61 Å². The third-order valence-corrected chi connectivity index (χ3v) is 3.62. The lowest BCUT2D eigenvalue weighted by atomic mass is 10.2. The van der Waals surface area contributed by atoms with Gasteiger partial charge in [0.15, 0.2) is 0 Å². The van der Waals surface area contributed by atoms with Crippen LogP contribution in [-0.4, -0.2) is 66.5 Å². The van der Waals surface area contributed by atoms with Crippen molar-refractivity contribution in [3.63, 3.8) is 0 Å². The largest absolute Gasteiger partial charge is 0.450 e. The standard InChI is InChI=1S/C15H27N3O4/c1-4-6-7-13(19)16-12(3)14(20)17-8-10-18(11-9-17)15(21)22-5-2/h12H,4-11H2,1-3H3,(H,16,19)/t12-/m0/s1. The molecule has 0 saturated carbocycles. The van der Waals surface area contributed by atoms with E-state index in [4.69, 9.17) is 4.74 Å². The monoisotopic (exact) mass is 313 g/mol. The maximum absolute atomic E-state index is 12.3. The fourth-order valence-corrected chi connectivity index (χ4v) is 2.31. The molecule has 7 heteroatoms. The van der Waals surface area contributed by atoms with Crippen LogP contribution in [0.15, 0.2) is 0 Å². The zero-order chi connectivity index (χ0) is 16.5. The summed E-state index contributed by atoms with van der Waals surface area (Å²) >= 11 is 0. The van der Waals surface area contributed by atoms with Crippen LogP contribution in [0, 0.1) is 0 Å². The fraction of sp³-hybridized carbons (Fsp3) is 0.800. The lowest BCUT2D eigenvalue weighted by Crippen LogP contribution is -2.55. The van der Waals surface area contributed by atoms with Crippen molar-refractivity contribution in [2.75, 3.05) is 32.8 Å². The van der Waals surface area contributed by atoms with E-state index in [0.717, 1.165) is 12.8 Å². The van der Waals surface area contributed by atoms with Gasteiger partial charge in [0.2, 0.25) is 11.8 Å². The predicted molar refractivity (Wildman–Crippen MR) is 82.3 cm³/mol. The van der Waals surface area contributed by atoms with Gasteiger partial charge in [-0.15, -0.1) is 0 Å². The number of rotatable bonds is 6. The highest BCUT2D eigenvalue weighted by molar-refractivity contribution is 5.87. The Morgan fingerprint density at radius 1 is 1.09 bits per heavy atom. The minimum absolute atomic E-state index is 0.0899. The summed E-state index contributed by atoms with van der Waals surface area (Å²) in [6.07, 6.45) is 1.89. The van der Waals surface area contributed by atoms with Gasteiger partial charge in [0.1, 0.15) is 6.04 Å². The van der Waals surface area contributed by atoms with Gasteiger partial charge < -0.3 is 19.9 Å². The molecule has 0 spiro atoms. The number of carbonyl (C=O) groups excluding carboxylic acids is 3. The Balaban J connectivity index is 2.38. The summed E-state index contributed by atoms with van der Waals surface area (Å²) in [5, 5.41) is 2.73. The normalized spacial score (nSPS) is 16.1. The first-order valence-electron chi connectivity index (χ1n) is 7.99. The first-order valence-corrected chi connectivity index (χ1v) is 7.99. The van der Waals surface area contributed by atoms with Gasteiger partial charge in [0, 0.05) is 32.6 Å². The van der Waals surface area contributed by atoms with Gasteiger partial charge in [-0.3, -0.25) is 9.59 Å². The van der Waals surface area contributed by atoms with Crippen molar-refractivity contribution in [1.82, 2.24) is 15.1 Å². The van der Waals surface area contributed by atoms with Gasteiger partial charge in [-0.25, -0.2) is 4.79 Å². The molecule has 1 saturated heterocycles. The molecule has 7 nitrogen and oxygen atoms in total. The summed E-state index contributed by atoms with van der Waals surface area (Å²) < 4.78 is 4.94. The van der Waals surface area contributed by atoms with Crippen LogP contribution >= 0.6 is 0 Å². The lowest BCUT2D eigenvalue weighted by Gasteiger charge is -2.35. The molecule has 0 aromatic carbocycles. The van der Waals surface area contributed by atoms with Crippen LogP contribution in [0.25, 0.3) is 0 Å². The minimum Gasteiger partial charge on any atom is -0.450 e. The van der Waals surface area contributed by atoms with E-state index in [1.54, 1.807) is 23.6 Å². The Bertz CT molecular complexity index is 392. The number of carbonyl (C=O) groups is 3. The van der Waals surface area contributed by atoms with E-state index in [1.807, 2.05) is 6.92 Å². The topological polar surface area (TPSA) is 79.0 Å². The van der Waals surface area contributed by atoms with Gasteiger partial charge in [0.25, 0.3) is 0 Å². The molecule has 1 atom stereocenters. The molecular weight excluding hydrogens is 286 g/mol. The molecule has 22 heavy (non-hydrogen) atoms. The first kappa shape index (κ1) is 18.3. The quantitative estimate of drug-likeness (QED) is 0.793. The highest BCUT2D eigenvalue weighted by Gasteiger charge is 2.27. The molecule has 0 aromatic heterocycles. The molecule has 1 fully saturated rings. The van der Waals surface area contributed by atoms with Crippen molar-refractivity contribution in [2.45, 2.75) is 46.1 Å². The van der Waals surface area contributed by atoms with Crippen LogP contribution < -0.4 is 5.32 Å². The summed E-state index contributed by atoms with van der Waals surface area (Å²) in [7, 11) is 0. The van der Waals surface area contributed by atoms with Crippen molar-refractivity contribution in [3.05, 3.63) is 0 Å². The van der Waals surface area contributed by atoms with Gasteiger partial charge >= 0.3 is 6.09 Å². The van der Waals surface area contributed by atoms with E-state index in [-0.39, 0.29) is 17.9 Å². The summed E-state index contributed by atoms with van der Waals surface area (Å²) in [5.41, 5.74) is 0. The van der Waals surface area contributed by atoms with Crippen molar-refractivity contribution >= 4 is 17.9 Å². The zero-order valence-corrected chi connectivity index (χ0v) is 13.8. The van der Waals surface area contributed by atoms with Gasteiger partial charge in [-0.2, -0.15) is 0 Å². The second-order valence-corrected chi connectivity index (χ2v) is 5.40. The predicted octanol–water partition coefficient (Wildman–Crippen LogP) is 0.982. The zero-order valence-electron chi connectivity index (χ0n) is 13.8. The highest BCUT2D eigenvalue weighted by Crippen LogP contribution is 2.06. The molecule has 0 radical (unpaired) electrons.